The third kappa shape index (κ3) is 2.25. The molecule has 0 bridgehead atoms. The lowest BCUT2D eigenvalue weighted by atomic mass is 10.2. The van der Waals surface area contributed by atoms with Crippen LogP contribution in [0, 0.1) is 0 Å². The van der Waals surface area contributed by atoms with Crippen LogP contribution in [0.15, 0.2) is 41.3 Å². The highest BCUT2D eigenvalue weighted by molar-refractivity contribution is 9.10. The molecule has 0 aliphatic heterocycles. The highest BCUT2D eigenvalue weighted by Gasteiger charge is 2.18. The minimum Gasteiger partial charge on any atom is -0.385 e. The molecule has 0 aliphatic rings. The van der Waals surface area contributed by atoms with Gasteiger partial charge in [-0.1, -0.05) is 12.1 Å². The van der Waals surface area contributed by atoms with E-state index in [2.05, 4.69) is 26.0 Å². The van der Waals surface area contributed by atoms with E-state index >= 15 is 0 Å². The number of rotatable bonds is 4. The summed E-state index contributed by atoms with van der Waals surface area (Å²) in [7, 11) is 0. The second kappa shape index (κ2) is 5.38. The molecule has 1 atom stereocenters. The average Bonchev–Trinajstić information content (AvgIpc) is 3.03. The molecule has 1 unspecified atom stereocenters. The third-order valence-electron chi connectivity index (χ3n) is 3.35. The quantitative estimate of drug-likeness (QED) is 0.798. The number of aryl methyl sites for hydroxylation is 1. The van der Waals surface area contributed by atoms with Gasteiger partial charge in [0.15, 0.2) is 0 Å². The fraction of sp³-hybridized carbons (Fsp3) is 0.286. The Morgan fingerprint density at radius 3 is 2.95 bits per heavy atom. The number of para-hydroxylation sites is 2. The van der Waals surface area contributed by atoms with E-state index < -0.39 is 6.10 Å². The first-order valence-corrected chi connectivity index (χ1v) is 7.29. The number of aromatic nitrogens is 4. The van der Waals surface area contributed by atoms with Gasteiger partial charge in [-0.15, -0.1) is 0 Å². The predicted octanol–water partition coefficient (Wildman–Crippen LogP) is 2.75. The number of imidazole rings is 1. The Bertz CT molecular complexity index is 734. The largest absolute Gasteiger partial charge is 0.385 e. The van der Waals surface area contributed by atoms with Crippen molar-refractivity contribution < 1.29 is 5.11 Å². The smallest absolute Gasteiger partial charge is 0.115 e. The minimum absolute atomic E-state index is 0.449. The van der Waals surface area contributed by atoms with Gasteiger partial charge in [0.05, 0.1) is 40.3 Å². The number of aliphatic hydroxyl groups excluding tert-OH is 1. The molecule has 0 saturated carbocycles. The Kier molecular flexibility index (Phi) is 3.58. The molecule has 6 heteroatoms. The first kappa shape index (κ1) is 13.3. The molecule has 0 amide bonds. The summed E-state index contributed by atoms with van der Waals surface area (Å²) in [6.07, 6.45) is 2.84. The van der Waals surface area contributed by atoms with Gasteiger partial charge in [-0.3, -0.25) is 4.68 Å². The molecular formula is C14H15BrN4O. The van der Waals surface area contributed by atoms with Crippen molar-refractivity contribution in [3.8, 4) is 0 Å². The number of benzene rings is 1. The molecule has 0 fully saturated rings. The van der Waals surface area contributed by atoms with E-state index in [0.29, 0.717) is 6.54 Å². The van der Waals surface area contributed by atoms with E-state index in [1.165, 1.54) is 0 Å². The molecule has 3 rings (SSSR count). The van der Waals surface area contributed by atoms with Crippen molar-refractivity contribution in [3.63, 3.8) is 0 Å². The Labute approximate surface area is 125 Å². The molecule has 0 spiro atoms. The summed E-state index contributed by atoms with van der Waals surface area (Å²) in [5.74, 6) is 0. The molecule has 1 aromatic carbocycles. The maximum Gasteiger partial charge on any atom is 0.115 e. The van der Waals surface area contributed by atoms with E-state index in [1.54, 1.807) is 17.2 Å². The van der Waals surface area contributed by atoms with Gasteiger partial charge in [0.25, 0.3) is 0 Å². The van der Waals surface area contributed by atoms with Crippen LogP contribution in [0.4, 0.5) is 0 Å². The van der Waals surface area contributed by atoms with E-state index in [1.807, 2.05) is 35.8 Å². The van der Waals surface area contributed by atoms with E-state index in [-0.39, 0.29) is 0 Å². The van der Waals surface area contributed by atoms with Gasteiger partial charge in [0, 0.05) is 6.54 Å². The van der Waals surface area contributed by atoms with E-state index in [0.717, 1.165) is 27.7 Å². The maximum atomic E-state index is 10.5. The molecule has 1 N–H and O–H groups in total. The lowest BCUT2D eigenvalue weighted by Gasteiger charge is -2.14. The standard InChI is InChI=1S/C14H15BrN4O/c1-2-19-14(10(15)7-17-19)13(20)8-18-9-16-11-5-3-4-6-12(11)18/h3-7,9,13,20H,2,8H2,1H3. The molecule has 2 heterocycles. The monoisotopic (exact) mass is 334 g/mol. The van der Waals surface area contributed by atoms with Crippen LogP contribution in [-0.2, 0) is 13.1 Å². The Hall–Kier alpha value is -1.66. The van der Waals surface area contributed by atoms with Gasteiger partial charge >= 0.3 is 0 Å². The van der Waals surface area contributed by atoms with Crippen molar-refractivity contribution in [1.82, 2.24) is 19.3 Å². The number of aliphatic hydroxyl groups is 1. The minimum atomic E-state index is -0.635. The van der Waals surface area contributed by atoms with Crippen LogP contribution in [-0.4, -0.2) is 24.4 Å². The highest BCUT2D eigenvalue weighted by Crippen LogP contribution is 2.25. The third-order valence-corrected chi connectivity index (χ3v) is 3.96. The highest BCUT2D eigenvalue weighted by atomic mass is 79.9. The SMILES string of the molecule is CCn1ncc(Br)c1C(O)Cn1cnc2ccccc21. The van der Waals surface area contributed by atoms with Gasteiger partial charge in [-0.05, 0) is 35.0 Å². The predicted molar refractivity (Wildman–Crippen MR) is 80.3 cm³/mol. The molecule has 5 nitrogen and oxygen atoms in total. The summed E-state index contributed by atoms with van der Waals surface area (Å²) >= 11 is 3.44. The van der Waals surface area contributed by atoms with Crippen molar-refractivity contribution in [3.05, 3.63) is 47.0 Å². The molecular weight excluding hydrogens is 320 g/mol. The maximum absolute atomic E-state index is 10.5. The molecule has 2 aromatic heterocycles. The lowest BCUT2D eigenvalue weighted by molar-refractivity contribution is 0.146. The van der Waals surface area contributed by atoms with Crippen LogP contribution < -0.4 is 0 Å². The number of nitrogens with zero attached hydrogens (tertiary/aromatic N) is 4. The van der Waals surface area contributed by atoms with Crippen molar-refractivity contribution in [1.29, 1.82) is 0 Å². The average molecular weight is 335 g/mol. The summed E-state index contributed by atoms with van der Waals surface area (Å²) in [5, 5.41) is 14.7. The second-order valence-electron chi connectivity index (χ2n) is 4.59. The summed E-state index contributed by atoms with van der Waals surface area (Å²) in [6.45, 7) is 3.18. The topological polar surface area (TPSA) is 55.9 Å². The zero-order valence-corrected chi connectivity index (χ0v) is 12.7. The van der Waals surface area contributed by atoms with Crippen LogP contribution in [0.3, 0.4) is 0 Å². The normalized spacial score (nSPS) is 12.9. The van der Waals surface area contributed by atoms with Crippen molar-refractivity contribution >= 4 is 27.0 Å². The number of fused-ring (bicyclic) bond motifs is 1. The fourth-order valence-corrected chi connectivity index (χ4v) is 2.94. The molecule has 3 aromatic rings. The van der Waals surface area contributed by atoms with Gasteiger partial charge < -0.3 is 9.67 Å². The van der Waals surface area contributed by atoms with E-state index in [9.17, 15) is 5.11 Å². The van der Waals surface area contributed by atoms with Gasteiger partial charge in [-0.2, -0.15) is 5.10 Å². The van der Waals surface area contributed by atoms with Crippen molar-refractivity contribution in [2.24, 2.45) is 0 Å². The summed E-state index contributed by atoms with van der Waals surface area (Å²) in [4.78, 5) is 4.34. The van der Waals surface area contributed by atoms with Crippen LogP contribution >= 0.6 is 15.9 Å². The van der Waals surface area contributed by atoms with Crippen LogP contribution in [0.25, 0.3) is 11.0 Å². The first-order valence-electron chi connectivity index (χ1n) is 6.50. The van der Waals surface area contributed by atoms with Gasteiger partial charge in [0.2, 0.25) is 0 Å². The first-order chi connectivity index (χ1) is 9.70. The Morgan fingerprint density at radius 1 is 1.35 bits per heavy atom. The zero-order valence-electron chi connectivity index (χ0n) is 11.1. The summed E-state index contributed by atoms with van der Waals surface area (Å²) < 4.78 is 4.59. The van der Waals surface area contributed by atoms with Crippen LogP contribution in [0.1, 0.15) is 18.7 Å². The molecule has 0 saturated heterocycles. The fourth-order valence-electron chi connectivity index (χ4n) is 2.38. The van der Waals surface area contributed by atoms with Gasteiger partial charge in [-0.25, -0.2) is 4.98 Å². The number of halogens is 1. The summed E-state index contributed by atoms with van der Waals surface area (Å²) in [6, 6.07) is 7.89. The molecule has 20 heavy (non-hydrogen) atoms. The Balaban J connectivity index is 1.92. The van der Waals surface area contributed by atoms with E-state index in [4.69, 9.17) is 0 Å². The second-order valence-corrected chi connectivity index (χ2v) is 5.45. The summed E-state index contributed by atoms with van der Waals surface area (Å²) in [5.41, 5.74) is 2.75. The Morgan fingerprint density at radius 2 is 2.15 bits per heavy atom. The zero-order chi connectivity index (χ0) is 14.1. The molecule has 104 valence electrons. The van der Waals surface area contributed by atoms with Gasteiger partial charge in [0.1, 0.15) is 6.10 Å². The van der Waals surface area contributed by atoms with Crippen molar-refractivity contribution in [2.45, 2.75) is 26.1 Å². The van der Waals surface area contributed by atoms with Crippen LogP contribution in [0.2, 0.25) is 0 Å². The molecule has 0 aliphatic carbocycles. The number of hydrogen-bond donors (Lipinski definition) is 1. The van der Waals surface area contributed by atoms with Crippen LogP contribution in [0.5, 0.6) is 0 Å². The molecule has 0 radical (unpaired) electrons. The lowest BCUT2D eigenvalue weighted by Crippen LogP contribution is -2.13. The van der Waals surface area contributed by atoms with Crippen molar-refractivity contribution in [2.75, 3.05) is 0 Å². The number of hydrogen-bond acceptors (Lipinski definition) is 3.